The Kier molecular flexibility index (Phi) is 3.73. The summed E-state index contributed by atoms with van der Waals surface area (Å²) >= 11 is 3.48. The highest BCUT2D eigenvalue weighted by atomic mass is 79.9. The minimum atomic E-state index is -0.362. The standard InChI is InChI=1S/C15H20BrN3O/c16-11-2-4-13(15(18)20)14(6-11)19-7-9-1-3-12(17)5-10(9)8-19/h2,4,6,9-10,12H,1,3,5,7-8,17H2,(H2,18,20)/t9-,10+,12?/m1/s1. The zero-order chi connectivity index (χ0) is 14.3. The second-order valence-corrected chi connectivity index (χ2v) is 6.94. The average molecular weight is 338 g/mol. The van der Waals surface area contributed by atoms with Gasteiger partial charge >= 0.3 is 0 Å². The molecule has 20 heavy (non-hydrogen) atoms. The molecule has 0 spiro atoms. The predicted octanol–water partition coefficient (Wildman–Crippen LogP) is 2.11. The maximum absolute atomic E-state index is 11.6. The van der Waals surface area contributed by atoms with Crippen molar-refractivity contribution in [3.63, 3.8) is 0 Å². The molecule has 0 bridgehead atoms. The number of nitrogens with two attached hydrogens (primary N) is 2. The van der Waals surface area contributed by atoms with Crippen LogP contribution in [0.4, 0.5) is 5.69 Å². The van der Waals surface area contributed by atoms with Gasteiger partial charge in [0.05, 0.1) is 11.3 Å². The molecule has 3 rings (SSSR count). The molecule has 4 nitrogen and oxygen atoms in total. The molecular formula is C15H20BrN3O. The number of hydrogen-bond acceptors (Lipinski definition) is 3. The molecule has 5 heteroatoms. The van der Waals surface area contributed by atoms with E-state index in [-0.39, 0.29) is 5.91 Å². The van der Waals surface area contributed by atoms with E-state index < -0.39 is 0 Å². The third-order valence-electron chi connectivity index (χ3n) is 4.66. The highest BCUT2D eigenvalue weighted by Gasteiger charge is 2.37. The summed E-state index contributed by atoms with van der Waals surface area (Å²) in [4.78, 5) is 13.9. The number of hydrogen-bond donors (Lipinski definition) is 2. The van der Waals surface area contributed by atoms with Gasteiger partial charge in [0.2, 0.25) is 0 Å². The van der Waals surface area contributed by atoms with Gasteiger partial charge in [-0.2, -0.15) is 0 Å². The Morgan fingerprint density at radius 3 is 2.75 bits per heavy atom. The number of nitrogens with zero attached hydrogens (tertiary/aromatic N) is 1. The minimum Gasteiger partial charge on any atom is -0.370 e. The molecule has 2 aliphatic rings. The number of carbonyl (C=O) groups excluding carboxylic acids is 1. The van der Waals surface area contributed by atoms with Crippen LogP contribution >= 0.6 is 15.9 Å². The molecule has 1 saturated heterocycles. The molecule has 2 fully saturated rings. The fourth-order valence-corrected chi connectivity index (χ4v) is 3.99. The number of primary amides is 1. The van der Waals surface area contributed by atoms with Crippen LogP contribution in [0.2, 0.25) is 0 Å². The first-order chi connectivity index (χ1) is 9.54. The Labute approximate surface area is 127 Å². The Balaban J connectivity index is 1.87. The second kappa shape index (κ2) is 5.37. The van der Waals surface area contributed by atoms with Crippen molar-refractivity contribution in [1.82, 2.24) is 0 Å². The molecule has 1 aliphatic carbocycles. The summed E-state index contributed by atoms with van der Waals surface area (Å²) < 4.78 is 0.976. The summed E-state index contributed by atoms with van der Waals surface area (Å²) in [7, 11) is 0. The van der Waals surface area contributed by atoms with Gasteiger partial charge in [-0.1, -0.05) is 15.9 Å². The summed E-state index contributed by atoms with van der Waals surface area (Å²) in [6.45, 7) is 1.99. The fraction of sp³-hybridized carbons (Fsp3) is 0.533. The lowest BCUT2D eigenvalue weighted by atomic mass is 9.79. The zero-order valence-corrected chi connectivity index (χ0v) is 13.0. The first-order valence-corrected chi connectivity index (χ1v) is 7.94. The van der Waals surface area contributed by atoms with E-state index in [1.165, 1.54) is 6.42 Å². The van der Waals surface area contributed by atoms with Gasteiger partial charge in [-0.15, -0.1) is 0 Å². The molecule has 1 amide bonds. The molecule has 1 heterocycles. The molecule has 1 saturated carbocycles. The summed E-state index contributed by atoms with van der Waals surface area (Å²) in [5, 5.41) is 0. The highest BCUT2D eigenvalue weighted by molar-refractivity contribution is 9.10. The third-order valence-corrected chi connectivity index (χ3v) is 5.15. The number of carbonyl (C=O) groups is 1. The van der Waals surface area contributed by atoms with Crippen LogP contribution in [-0.4, -0.2) is 25.0 Å². The zero-order valence-electron chi connectivity index (χ0n) is 11.4. The summed E-state index contributed by atoms with van der Waals surface area (Å²) in [5.41, 5.74) is 13.1. The molecule has 3 atom stereocenters. The van der Waals surface area contributed by atoms with Crippen molar-refractivity contribution in [3.05, 3.63) is 28.2 Å². The predicted molar refractivity (Wildman–Crippen MR) is 83.7 cm³/mol. The number of fused-ring (bicyclic) bond motifs is 1. The van der Waals surface area contributed by atoms with Crippen LogP contribution in [0.1, 0.15) is 29.6 Å². The van der Waals surface area contributed by atoms with Gasteiger partial charge in [-0.05, 0) is 49.3 Å². The highest BCUT2D eigenvalue weighted by Crippen LogP contribution is 2.39. The van der Waals surface area contributed by atoms with Gasteiger partial charge in [0.15, 0.2) is 0 Å². The van der Waals surface area contributed by atoms with Crippen molar-refractivity contribution in [1.29, 1.82) is 0 Å². The van der Waals surface area contributed by atoms with Crippen molar-refractivity contribution in [2.45, 2.75) is 25.3 Å². The third kappa shape index (κ3) is 2.56. The molecule has 1 aliphatic heterocycles. The number of rotatable bonds is 2. The van der Waals surface area contributed by atoms with Crippen LogP contribution < -0.4 is 16.4 Å². The average Bonchev–Trinajstić information content (AvgIpc) is 2.81. The quantitative estimate of drug-likeness (QED) is 0.868. The lowest BCUT2D eigenvalue weighted by Gasteiger charge is -2.27. The monoisotopic (exact) mass is 337 g/mol. The number of anilines is 1. The molecular weight excluding hydrogens is 318 g/mol. The van der Waals surface area contributed by atoms with Crippen molar-refractivity contribution in [2.24, 2.45) is 23.3 Å². The van der Waals surface area contributed by atoms with E-state index >= 15 is 0 Å². The van der Waals surface area contributed by atoms with Gasteiger partial charge in [-0.3, -0.25) is 4.79 Å². The minimum absolute atomic E-state index is 0.342. The van der Waals surface area contributed by atoms with E-state index in [0.29, 0.717) is 23.4 Å². The lowest BCUT2D eigenvalue weighted by molar-refractivity contribution is 0.100. The van der Waals surface area contributed by atoms with E-state index in [0.717, 1.165) is 36.1 Å². The van der Waals surface area contributed by atoms with Gasteiger partial charge in [-0.25, -0.2) is 0 Å². The second-order valence-electron chi connectivity index (χ2n) is 6.02. The topological polar surface area (TPSA) is 72.4 Å². The molecule has 0 radical (unpaired) electrons. The van der Waals surface area contributed by atoms with Crippen molar-refractivity contribution >= 4 is 27.5 Å². The Bertz CT molecular complexity index is 534. The van der Waals surface area contributed by atoms with Crippen LogP contribution in [0.5, 0.6) is 0 Å². The van der Waals surface area contributed by atoms with Gasteiger partial charge in [0.25, 0.3) is 5.91 Å². The molecule has 1 unspecified atom stereocenters. The van der Waals surface area contributed by atoms with Crippen LogP contribution in [0, 0.1) is 11.8 Å². The van der Waals surface area contributed by atoms with Crippen LogP contribution in [0.3, 0.4) is 0 Å². The molecule has 4 N–H and O–H groups in total. The van der Waals surface area contributed by atoms with Crippen LogP contribution in [0.15, 0.2) is 22.7 Å². The van der Waals surface area contributed by atoms with Crippen molar-refractivity contribution < 1.29 is 4.79 Å². The number of amides is 1. The van der Waals surface area contributed by atoms with E-state index in [9.17, 15) is 4.79 Å². The van der Waals surface area contributed by atoms with Gasteiger partial charge in [0.1, 0.15) is 0 Å². The van der Waals surface area contributed by atoms with E-state index in [1.54, 1.807) is 6.07 Å². The van der Waals surface area contributed by atoms with E-state index in [4.69, 9.17) is 11.5 Å². The first-order valence-electron chi connectivity index (χ1n) is 7.14. The fourth-order valence-electron chi connectivity index (χ4n) is 3.64. The molecule has 0 aromatic heterocycles. The maximum Gasteiger partial charge on any atom is 0.250 e. The molecule has 1 aromatic carbocycles. The summed E-state index contributed by atoms with van der Waals surface area (Å²) in [6, 6.07) is 6.00. The van der Waals surface area contributed by atoms with Gasteiger partial charge in [0, 0.05) is 23.6 Å². The van der Waals surface area contributed by atoms with E-state index in [1.807, 2.05) is 12.1 Å². The molecule has 1 aromatic rings. The number of halogens is 1. The Morgan fingerprint density at radius 2 is 2.00 bits per heavy atom. The SMILES string of the molecule is NC(=O)c1ccc(Br)cc1N1C[C@H]2CCC(N)C[C@H]2C1. The first kappa shape index (κ1) is 13.9. The Hall–Kier alpha value is -1.07. The normalized spacial score (nSPS) is 29.3. The van der Waals surface area contributed by atoms with Crippen LogP contribution in [-0.2, 0) is 0 Å². The van der Waals surface area contributed by atoms with Crippen molar-refractivity contribution in [3.8, 4) is 0 Å². The summed E-state index contributed by atoms with van der Waals surface area (Å²) in [5.74, 6) is 0.993. The lowest BCUT2D eigenvalue weighted by Crippen LogP contribution is -2.32. The van der Waals surface area contributed by atoms with Gasteiger partial charge < -0.3 is 16.4 Å². The smallest absolute Gasteiger partial charge is 0.250 e. The van der Waals surface area contributed by atoms with E-state index in [2.05, 4.69) is 20.8 Å². The summed E-state index contributed by atoms with van der Waals surface area (Å²) in [6.07, 6.45) is 3.42. The molecule has 108 valence electrons. The largest absolute Gasteiger partial charge is 0.370 e. The maximum atomic E-state index is 11.6. The van der Waals surface area contributed by atoms with Crippen molar-refractivity contribution in [2.75, 3.05) is 18.0 Å². The number of benzene rings is 1. The van der Waals surface area contributed by atoms with Crippen LogP contribution in [0.25, 0.3) is 0 Å². The Morgan fingerprint density at radius 1 is 1.25 bits per heavy atom.